The molecule has 2 aromatic carbocycles. The zero-order valence-corrected chi connectivity index (χ0v) is 22.5. The molecular formula is C27H34FN5O4S. The van der Waals surface area contributed by atoms with Crippen LogP contribution in [0.1, 0.15) is 17.5 Å². The van der Waals surface area contributed by atoms with E-state index >= 15 is 0 Å². The summed E-state index contributed by atoms with van der Waals surface area (Å²) in [7, 11) is 3.25. The molecule has 0 bridgehead atoms. The lowest BCUT2D eigenvalue weighted by molar-refractivity contribution is -0.187. The number of halogens is 1. The summed E-state index contributed by atoms with van der Waals surface area (Å²) in [5.41, 5.74) is 1.97. The number of piperazine rings is 1. The number of hydrogen-bond acceptors (Lipinski definition) is 6. The molecule has 204 valence electrons. The second kappa shape index (κ2) is 13.1. The second-order valence-corrected chi connectivity index (χ2v) is 10.5. The van der Waals surface area contributed by atoms with E-state index in [4.69, 9.17) is 4.74 Å². The van der Waals surface area contributed by atoms with Gasteiger partial charge in [0.15, 0.2) is 0 Å². The van der Waals surface area contributed by atoms with Crippen LogP contribution in [0.25, 0.3) is 0 Å². The van der Waals surface area contributed by atoms with E-state index in [9.17, 15) is 18.8 Å². The largest absolute Gasteiger partial charge is 0.385 e. The van der Waals surface area contributed by atoms with Gasteiger partial charge in [0.2, 0.25) is 11.8 Å². The lowest BCUT2D eigenvalue weighted by Gasteiger charge is -2.54. The van der Waals surface area contributed by atoms with Crippen molar-refractivity contribution in [2.24, 2.45) is 0 Å². The Morgan fingerprint density at radius 3 is 2.55 bits per heavy atom. The van der Waals surface area contributed by atoms with E-state index < -0.39 is 18.2 Å². The van der Waals surface area contributed by atoms with Gasteiger partial charge in [-0.05, 0) is 23.3 Å². The molecule has 0 unspecified atom stereocenters. The molecule has 0 saturated carbocycles. The molecule has 2 aromatic rings. The first-order valence-corrected chi connectivity index (χ1v) is 13.8. The van der Waals surface area contributed by atoms with Crippen molar-refractivity contribution in [1.82, 2.24) is 25.1 Å². The lowest BCUT2D eigenvalue weighted by atomic mass is 10.0. The second-order valence-electron chi connectivity index (χ2n) is 9.35. The molecule has 0 radical (unpaired) electrons. The number of rotatable bonds is 10. The summed E-state index contributed by atoms with van der Waals surface area (Å²) in [5, 5.41) is 5.98. The summed E-state index contributed by atoms with van der Waals surface area (Å²) in [6, 6.07) is 14.9. The molecule has 2 aliphatic rings. The number of amides is 4. The molecular weight excluding hydrogens is 509 g/mol. The maximum absolute atomic E-state index is 13.5. The molecule has 4 amide bonds. The van der Waals surface area contributed by atoms with Crippen LogP contribution in [0.3, 0.4) is 0 Å². The Bertz CT molecular complexity index is 1110. The van der Waals surface area contributed by atoms with Gasteiger partial charge in [-0.15, -0.1) is 0 Å². The standard InChI is InChI=1S/C27H34FN5O4S/c1-30-18-25(34)32-23(12-14-37-2)26(35)31(13-15-38-19-21-6-4-3-5-7-21)17-24(32)33(30)27(36)29-16-20-8-10-22(28)11-9-20/h3-11,23-24H,12-19H2,1-2H3,(H,29,36)/t23-,24-/m0/s1. The third-order valence-electron chi connectivity index (χ3n) is 6.72. The van der Waals surface area contributed by atoms with Crippen LogP contribution in [0.15, 0.2) is 54.6 Å². The number of methoxy groups -OCH3 is 1. The van der Waals surface area contributed by atoms with Gasteiger partial charge in [-0.3, -0.25) is 9.59 Å². The minimum atomic E-state index is -0.707. The molecule has 2 atom stereocenters. The van der Waals surface area contributed by atoms with Crippen LogP contribution in [0, 0.1) is 5.82 Å². The summed E-state index contributed by atoms with van der Waals surface area (Å²) >= 11 is 1.74. The van der Waals surface area contributed by atoms with Gasteiger partial charge in [-0.2, -0.15) is 11.8 Å². The maximum atomic E-state index is 13.5. The fourth-order valence-corrected chi connectivity index (χ4v) is 5.73. The first kappa shape index (κ1) is 27.9. The molecule has 9 nitrogen and oxygen atoms in total. The number of benzene rings is 2. The van der Waals surface area contributed by atoms with Crippen molar-refractivity contribution >= 4 is 29.6 Å². The molecule has 2 fully saturated rings. The van der Waals surface area contributed by atoms with Gasteiger partial charge in [0.25, 0.3) is 0 Å². The van der Waals surface area contributed by atoms with E-state index in [2.05, 4.69) is 17.4 Å². The summed E-state index contributed by atoms with van der Waals surface area (Å²) in [4.78, 5) is 43.3. The Labute approximate surface area is 226 Å². The molecule has 1 N–H and O–H groups in total. The Balaban J connectivity index is 1.47. The zero-order valence-electron chi connectivity index (χ0n) is 21.7. The molecule has 11 heteroatoms. The van der Waals surface area contributed by atoms with Crippen LogP contribution in [0.5, 0.6) is 0 Å². The average Bonchev–Trinajstić information content (AvgIpc) is 2.91. The van der Waals surface area contributed by atoms with E-state index in [0.29, 0.717) is 19.6 Å². The predicted molar refractivity (Wildman–Crippen MR) is 143 cm³/mol. The van der Waals surface area contributed by atoms with Crippen molar-refractivity contribution in [3.05, 3.63) is 71.5 Å². The summed E-state index contributed by atoms with van der Waals surface area (Å²) in [6.45, 7) is 1.22. The van der Waals surface area contributed by atoms with Gasteiger partial charge in [0.1, 0.15) is 18.0 Å². The highest BCUT2D eigenvalue weighted by Crippen LogP contribution is 2.27. The van der Waals surface area contributed by atoms with Gasteiger partial charge in [0.05, 0.1) is 13.1 Å². The number of thioether (sulfide) groups is 1. The van der Waals surface area contributed by atoms with E-state index in [1.807, 2.05) is 18.2 Å². The number of hydrogen-bond donors (Lipinski definition) is 1. The van der Waals surface area contributed by atoms with Crippen LogP contribution in [-0.4, -0.2) is 96.0 Å². The normalized spacial score (nSPS) is 20.0. The highest BCUT2D eigenvalue weighted by atomic mass is 32.2. The quantitative estimate of drug-likeness (QED) is 0.464. The monoisotopic (exact) mass is 543 g/mol. The lowest BCUT2D eigenvalue weighted by Crippen LogP contribution is -2.76. The van der Waals surface area contributed by atoms with E-state index in [0.717, 1.165) is 17.1 Å². The number of likely N-dealkylation sites (N-methyl/N-ethyl adjacent to an activating group) is 1. The van der Waals surface area contributed by atoms with Crippen LogP contribution >= 0.6 is 11.8 Å². The zero-order chi connectivity index (χ0) is 27.1. The third-order valence-corrected chi connectivity index (χ3v) is 7.73. The number of nitrogens with one attached hydrogen (secondary N) is 1. The van der Waals surface area contributed by atoms with Crippen molar-refractivity contribution in [1.29, 1.82) is 0 Å². The van der Waals surface area contributed by atoms with Gasteiger partial charge in [0, 0.05) is 51.8 Å². The number of ether oxygens (including phenoxy) is 1. The van der Waals surface area contributed by atoms with Crippen molar-refractivity contribution in [3.63, 3.8) is 0 Å². The van der Waals surface area contributed by atoms with Crippen molar-refractivity contribution in [3.8, 4) is 0 Å². The number of urea groups is 1. The summed E-state index contributed by atoms with van der Waals surface area (Å²) in [5.74, 6) is 0.895. The van der Waals surface area contributed by atoms with Crippen LogP contribution in [0.2, 0.25) is 0 Å². The van der Waals surface area contributed by atoms with Crippen molar-refractivity contribution < 1.29 is 23.5 Å². The molecule has 38 heavy (non-hydrogen) atoms. The molecule has 4 rings (SSSR count). The smallest absolute Gasteiger partial charge is 0.334 e. The van der Waals surface area contributed by atoms with E-state index in [1.165, 1.54) is 22.7 Å². The molecule has 2 heterocycles. The van der Waals surface area contributed by atoms with Gasteiger partial charge >= 0.3 is 6.03 Å². The molecule has 2 saturated heterocycles. The third kappa shape index (κ3) is 6.64. The SMILES string of the molecule is COCC[C@H]1C(=O)N(CCSCc2ccccc2)C[C@H]2N1C(=O)CN(C)N2C(=O)NCc1ccc(F)cc1. The summed E-state index contributed by atoms with van der Waals surface area (Å²) in [6.07, 6.45) is -0.298. The topological polar surface area (TPSA) is 85.4 Å². The minimum Gasteiger partial charge on any atom is -0.385 e. The maximum Gasteiger partial charge on any atom is 0.334 e. The Kier molecular flexibility index (Phi) is 9.59. The Hall–Kier alpha value is -3.15. The first-order chi connectivity index (χ1) is 18.4. The average molecular weight is 544 g/mol. The Morgan fingerprint density at radius 1 is 1.11 bits per heavy atom. The van der Waals surface area contributed by atoms with Gasteiger partial charge < -0.3 is 19.9 Å². The number of fused-ring (bicyclic) bond motifs is 1. The van der Waals surface area contributed by atoms with Crippen molar-refractivity contribution in [2.45, 2.75) is 30.9 Å². The highest BCUT2D eigenvalue weighted by molar-refractivity contribution is 7.98. The molecule has 2 aliphatic heterocycles. The van der Waals surface area contributed by atoms with Crippen LogP contribution in [0.4, 0.5) is 9.18 Å². The highest BCUT2D eigenvalue weighted by Gasteiger charge is 2.50. The van der Waals surface area contributed by atoms with Gasteiger partial charge in [-0.25, -0.2) is 19.2 Å². The first-order valence-electron chi connectivity index (χ1n) is 12.6. The predicted octanol–water partition coefficient (Wildman–Crippen LogP) is 2.53. The van der Waals surface area contributed by atoms with Crippen molar-refractivity contribution in [2.75, 3.05) is 46.2 Å². The molecule has 0 spiro atoms. The summed E-state index contributed by atoms with van der Waals surface area (Å²) < 4.78 is 18.5. The van der Waals surface area contributed by atoms with E-state index in [-0.39, 0.29) is 37.3 Å². The number of carbonyl (C=O) groups excluding carboxylic acids is 3. The fourth-order valence-electron chi connectivity index (χ4n) is 4.81. The van der Waals surface area contributed by atoms with Gasteiger partial charge in [-0.1, -0.05) is 42.5 Å². The molecule has 0 aromatic heterocycles. The Morgan fingerprint density at radius 2 is 1.84 bits per heavy atom. The van der Waals surface area contributed by atoms with E-state index in [1.54, 1.807) is 52.9 Å². The van der Waals surface area contributed by atoms with Crippen LogP contribution < -0.4 is 5.32 Å². The molecule has 0 aliphatic carbocycles. The number of carbonyl (C=O) groups is 3. The number of nitrogens with zero attached hydrogens (tertiary/aromatic N) is 4. The fraction of sp³-hybridized carbons (Fsp3) is 0.444. The minimum absolute atomic E-state index is 0.0237. The van der Waals surface area contributed by atoms with Crippen LogP contribution in [-0.2, 0) is 26.6 Å². The number of hydrazine groups is 1.